The van der Waals surface area contributed by atoms with Gasteiger partial charge in [-0.25, -0.2) is 13.8 Å². The molecule has 4 rings (SSSR count). The Balaban J connectivity index is 1.70. The number of amides is 1. The molecular weight excluding hydrogens is 502 g/mol. The number of ether oxygens (including phenoxy) is 2. The zero-order chi connectivity index (χ0) is 27.0. The quantitative estimate of drug-likeness (QED) is 0.234. The number of hydrazone groups is 1. The number of carbonyl (C=O) groups is 1. The van der Waals surface area contributed by atoms with Gasteiger partial charge in [0.05, 0.1) is 43.1 Å². The van der Waals surface area contributed by atoms with E-state index in [4.69, 9.17) is 9.47 Å². The minimum Gasteiger partial charge on any atom is -0.497 e. The van der Waals surface area contributed by atoms with Crippen LogP contribution in [0.4, 0.5) is 5.69 Å². The van der Waals surface area contributed by atoms with Crippen LogP contribution in [-0.2, 0) is 16.6 Å². The minimum atomic E-state index is -4.06. The first-order valence-corrected chi connectivity index (χ1v) is 13.1. The summed E-state index contributed by atoms with van der Waals surface area (Å²) in [5.41, 5.74) is 4.31. The summed E-state index contributed by atoms with van der Waals surface area (Å²) in [6, 6.07) is 29.0. The largest absolute Gasteiger partial charge is 0.497 e. The van der Waals surface area contributed by atoms with E-state index in [9.17, 15) is 13.2 Å². The van der Waals surface area contributed by atoms with Crippen molar-refractivity contribution in [3.05, 3.63) is 120 Å². The van der Waals surface area contributed by atoms with E-state index in [2.05, 4.69) is 10.5 Å². The Morgan fingerprint density at radius 3 is 2.21 bits per heavy atom. The molecule has 0 aliphatic heterocycles. The molecule has 0 aliphatic carbocycles. The van der Waals surface area contributed by atoms with Crippen LogP contribution in [0.1, 0.15) is 21.5 Å². The van der Waals surface area contributed by atoms with Crippen molar-refractivity contribution in [1.82, 2.24) is 5.43 Å². The molecule has 0 heterocycles. The van der Waals surface area contributed by atoms with Gasteiger partial charge in [-0.05, 0) is 54.1 Å². The molecule has 0 fully saturated rings. The first-order chi connectivity index (χ1) is 18.4. The normalized spacial score (nSPS) is 11.2. The van der Waals surface area contributed by atoms with E-state index in [1.54, 1.807) is 55.6 Å². The van der Waals surface area contributed by atoms with Crippen LogP contribution in [0.25, 0.3) is 0 Å². The number of methoxy groups -OCH3 is 2. The van der Waals surface area contributed by atoms with Crippen LogP contribution in [0.5, 0.6) is 11.5 Å². The number of sulfonamides is 1. The third-order valence-corrected chi connectivity index (χ3v) is 7.52. The van der Waals surface area contributed by atoms with E-state index in [0.29, 0.717) is 17.1 Å². The second-order valence-corrected chi connectivity index (χ2v) is 9.99. The predicted octanol–water partition coefficient (Wildman–Crippen LogP) is 4.86. The SMILES string of the molecule is COc1ccc(S(=O)(=O)N(Cc2ccccc2)c2ccccc2C(=O)N/N=C/c2ccccc2OC)cc1. The molecule has 0 aliphatic rings. The van der Waals surface area contributed by atoms with Crippen LogP contribution >= 0.6 is 0 Å². The van der Waals surface area contributed by atoms with Gasteiger partial charge in [-0.15, -0.1) is 0 Å². The molecule has 1 N–H and O–H groups in total. The van der Waals surface area contributed by atoms with Gasteiger partial charge in [-0.3, -0.25) is 9.10 Å². The number of benzene rings is 4. The van der Waals surface area contributed by atoms with Crippen molar-refractivity contribution in [2.75, 3.05) is 18.5 Å². The lowest BCUT2D eigenvalue weighted by molar-refractivity contribution is 0.0955. The zero-order valence-corrected chi connectivity index (χ0v) is 21.8. The molecule has 0 atom stereocenters. The van der Waals surface area contributed by atoms with E-state index in [-0.39, 0.29) is 22.7 Å². The van der Waals surface area contributed by atoms with Gasteiger partial charge in [-0.2, -0.15) is 5.10 Å². The monoisotopic (exact) mass is 529 g/mol. The van der Waals surface area contributed by atoms with Gasteiger partial charge in [0.15, 0.2) is 0 Å². The average Bonchev–Trinajstić information content (AvgIpc) is 2.96. The second kappa shape index (κ2) is 12.1. The number of nitrogens with one attached hydrogen (secondary N) is 1. The lowest BCUT2D eigenvalue weighted by atomic mass is 10.1. The van der Waals surface area contributed by atoms with Crippen molar-refractivity contribution in [2.24, 2.45) is 5.10 Å². The summed E-state index contributed by atoms with van der Waals surface area (Å²) in [5, 5.41) is 4.06. The molecule has 8 nitrogen and oxygen atoms in total. The van der Waals surface area contributed by atoms with E-state index in [1.807, 2.05) is 42.5 Å². The van der Waals surface area contributed by atoms with E-state index in [1.165, 1.54) is 29.8 Å². The van der Waals surface area contributed by atoms with Crippen LogP contribution in [0.2, 0.25) is 0 Å². The van der Waals surface area contributed by atoms with Gasteiger partial charge in [0, 0.05) is 5.56 Å². The first-order valence-electron chi connectivity index (χ1n) is 11.7. The number of hydrogen-bond acceptors (Lipinski definition) is 6. The predicted molar refractivity (Wildman–Crippen MR) is 147 cm³/mol. The fourth-order valence-corrected chi connectivity index (χ4v) is 5.27. The lowest BCUT2D eigenvalue weighted by Gasteiger charge is -2.26. The molecular formula is C29H27N3O5S. The maximum absolute atomic E-state index is 13.9. The molecule has 0 unspecified atom stereocenters. The molecule has 1 amide bonds. The molecule has 0 saturated carbocycles. The van der Waals surface area contributed by atoms with Gasteiger partial charge >= 0.3 is 0 Å². The van der Waals surface area contributed by atoms with E-state index >= 15 is 0 Å². The van der Waals surface area contributed by atoms with Crippen molar-refractivity contribution in [3.63, 3.8) is 0 Å². The number of rotatable bonds is 10. The Morgan fingerprint density at radius 2 is 1.50 bits per heavy atom. The number of hydrogen-bond donors (Lipinski definition) is 1. The standard InChI is InChI=1S/C29H27N3O5S/c1-36-24-16-18-25(19-17-24)38(34,35)32(21-22-10-4-3-5-11-22)27-14-8-7-13-26(27)29(33)31-30-20-23-12-6-9-15-28(23)37-2/h3-20H,21H2,1-2H3,(H,31,33)/b30-20+. The zero-order valence-electron chi connectivity index (χ0n) is 20.9. The fraction of sp³-hybridized carbons (Fsp3) is 0.103. The molecule has 0 saturated heterocycles. The average molecular weight is 530 g/mol. The topological polar surface area (TPSA) is 97.3 Å². The maximum atomic E-state index is 13.9. The lowest BCUT2D eigenvalue weighted by Crippen LogP contribution is -2.33. The highest BCUT2D eigenvalue weighted by molar-refractivity contribution is 7.92. The van der Waals surface area contributed by atoms with E-state index < -0.39 is 15.9 Å². The number of carbonyl (C=O) groups excluding carboxylic acids is 1. The van der Waals surface area contributed by atoms with Gasteiger partial charge in [0.1, 0.15) is 11.5 Å². The number of anilines is 1. The molecule has 0 spiro atoms. The summed E-state index contributed by atoms with van der Waals surface area (Å²) in [5.74, 6) is 0.575. The van der Waals surface area contributed by atoms with Gasteiger partial charge in [0.25, 0.3) is 15.9 Å². The molecule has 38 heavy (non-hydrogen) atoms. The summed E-state index contributed by atoms with van der Waals surface area (Å²) in [6.45, 7) is 0.0178. The van der Waals surface area contributed by atoms with Crippen molar-refractivity contribution < 1.29 is 22.7 Å². The van der Waals surface area contributed by atoms with Crippen molar-refractivity contribution >= 4 is 27.8 Å². The minimum absolute atomic E-state index is 0.0178. The summed E-state index contributed by atoms with van der Waals surface area (Å²) >= 11 is 0. The second-order valence-electron chi connectivity index (χ2n) is 8.13. The van der Waals surface area contributed by atoms with Gasteiger partial charge in [0.2, 0.25) is 0 Å². The number of nitrogens with zero attached hydrogens (tertiary/aromatic N) is 2. The van der Waals surface area contributed by atoms with Gasteiger partial charge < -0.3 is 9.47 Å². The molecule has 4 aromatic rings. The highest BCUT2D eigenvalue weighted by Crippen LogP contribution is 2.30. The van der Waals surface area contributed by atoms with Crippen molar-refractivity contribution in [2.45, 2.75) is 11.4 Å². The molecule has 0 radical (unpaired) electrons. The molecule has 0 bridgehead atoms. The summed E-state index contributed by atoms with van der Waals surface area (Å²) in [7, 11) is -1.00. The smallest absolute Gasteiger partial charge is 0.273 e. The van der Waals surface area contributed by atoms with Crippen LogP contribution in [-0.4, -0.2) is 34.8 Å². The Morgan fingerprint density at radius 1 is 0.842 bits per heavy atom. The highest BCUT2D eigenvalue weighted by atomic mass is 32.2. The van der Waals surface area contributed by atoms with Crippen molar-refractivity contribution in [3.8, 4) is 11.5 Å². The summed E-state index contributed by atoms with van der Waals surface area (Å²) < 4.78 is 39.5. The molecule has 4 aromatic carbocycles. The van der Waals surface area contributed by atoms with Gasteiger partial charge in [-0.1, -0.05) is 54.6 Å². The van der Waals surface area contributed by atoms with E-state index in [0.717, 1.165) is 5.56 Å². The molecule has 194 valence electrons. The number of para-hydroxylation sites is 2. The highest BCUT2D eigenvalue weighted by Gasteiger charge is 2.28. The summed E-state index contributed by atoms with van der Waals surface area (Å²) in [4.78, 5) is 13.3. The first kappa shape index (κ1) is 26.4. The Bertz CT molecular complexity index is 1520. The van der Waals surface area contributed by atoms with Crippen molar-refractivity contribution in [1.29, 1.82) is 0 Å². The third-order valence-electron chi connectivity index (χ3n) is 5.74. The fourth-order valence-electron chi connectivity index (χ4n) is 3.80. The third kappa shape index (κ3) is 6.01. The Kier molecular flexibility index (Phi) is 8.40. The van der Waals surface area contributed by atoms with Crippen LogP contribution in [0, 0.1) is 0 Å². The van der Waals surface area contributed by atoms with Crippen LogP contribution in [0.15, 0.2) is 113 Å². The molecule has 9 heteroatoms. The van der Waals surface area contributed by atoms with Crippen LogP contribution < -0.4 is 19.2 Å². The Hall–Kier alpha value is -4.63. The summed E-state index contributed by atoms with van der Waals surface area (Å²) in [6.07, 6.45) is 1.47. The Labute approximate surface area is 222 Å². The maximum Gasteiger partial charge on any atom is 0.273 e. The van der Waals surface area contributed by atoms with Crippen LogP contribution in [0.3, 0.4) is 0 Å². The molecule has 0 aromatic heterocycles.